The van der Waals surface area contributed by atoms with Crippen molar-refractivity contribution in [3.63, 3.8) is 0 Å². The highest BCUT2D eigenvalue weighted by Gasteiger charge is 2.18. The van der Waals surface area contributed by atoms with E-state index in [-0.39, 0.29) is 0 Å². The molecular formula is C44H27N3O. The molecule has 0 amide bonds. The first-order valence-corrected chi connectivity index (χ1v) is 16.2. The molecule has 3 heterocycles. The topological polar surface area (TPSA) is 43.9 Å². The van der Waals surface area contributed by atoms with Crippen molar-refractivity contribution in [1.29, 1.82) is 0 Å². The van der Waals surface area contributed by atoms with Gasteiger partial charge in [0.15, 0.2) is 5.82 Å². The maximum Gasteiger partial charge on any atom is 0.161 e. The Labute approximate surface area is 276 Å². The van der Waals surface area contributed by atoms with Crippen molar-refractivity contribution in [2.24, 2.45) is 0 Å². The summed E-state index contributed by atoms with van der Waals surface area (Å²) in [6.45, 7) is 0. The van der Waals surface area contributed by atoms with Gasteiger partial charge in [-0.2, -0.15) is 0 Å². The molecule has 3 aromatic heterocycles. The Bertz CT molecular complexity index is 2830. The summed E-state index contributed by atoms with van der Waals surface area (Å²) in [6, 6.07) is 57.2. The van der Waals surface area contributed by atoms with Crippen LogP contribution in [0.25, 0.3) is 94.1 Å². The van der Waals surface area contributed by atoms with Gasteiger partial charge in [-0.3, -0.25) is 0 Å². The lowest BCUT2D eigenvalue weighted by atomic mass is 9.99. The molecule has 4 nitrogen and oxygen atoms in total. The minimum Gasteiger partial charge on any atom is -0.456 e. The van der Waals surface area contributed by atoms with E-state index in [0.717, 1.165) is 66.5 Å². The Balaban J connectivity index is 1.13. The molecule has 48 heavy (non-hydrogen) atoms. The largest absolute Gasteiger partial charge is 0.456 e. The molecule has 0 saturated heterocycles. The second-order valence-corrected chi connectivity index (χ2v) is 12.2. The SMILES string of the molecule is c1ccc(-c2nc(-c3cccc4oc5cc(-c6ccc7c(c6)c6ccccc6n7-c6ccccc6)ccc5c34)nc3ccccc23)cc1. The van der Waals surface area contributed by atoms with Gasteiger partial charge in [0, 0.05) is 43.7 Å². The van der Waals surface area contributed by atoms with E-state index >= 15 is 0 Å². The summed E-state index contributed by atoms with van der Waals surface area (Å²) >= 11 is 0. The van der Waals surface area contributed by atoms with Crippen LogP contribution in [0.4, 0.5) is 0 Å². The van der Waals surface area contributed by atoms with Crippen LogP contribution in [0.1, 0.15) is 0 Å². The van der Waals surface area contributed by atoms with Gasteiger partial charge in [-0.15, -0.1) is 0 Å². The van der Waals surface area contributed by atoms with E-state index in [1.807, 2.05) is 42.5 Å². The number of aromatic nitrogens is 3. The molecular weight excluding hydrogens is 587 g/mol. The highest BCUT2D eigenvalue weighted by molar-refractivity contribution is 6.14. The highest BCUT2D eigenvalue weighted by atomic mass is 16.3. The normalized spacial score (nSPS) is 11.8. The molecule has 0 aliphatic carbocycles. The molecule has 0 atom stereocenters. The fourth-order valence-corrected chi connectivity index (χ4v) is 7.21. The standard InChI is InChI=1S/C44H27N3O/c1-3-12-28(13-4-1)43-33-17-7-9-19-37(33)45-44(46-43)35-18-11-21-40-42(35)34-24-22-30(27-41(34)48-40)29-23-25-39-36(26-29)32-16-8-10-20-38(32)47(39)31-14-5-2-6-15-31/h1-27H. The van der Waals surface area contributed by atoms with Crippen LogP contribution in [0.5, 0.6) is 0 Å². The van der Waals surface area contributed by atoms with Crippen LogP contribution in [0.15, 0.2) is 168 Å². The number of para-hydroxylation sites is 3. The van der Waals surface area contributed by atoms with Crippen LogP contribution >= 0.6 is 0 Å². The number of rotatable bonds is 4. The lowest BCUT2D eigenvalue weighted by Crippen LogP contribution is -1.95. The maximum absolute atomic E-state index is 6.54. The van der Waals surface area contributed by atoms with Crippen LogP contribution < -0.4 is 0 Å². The molecule has 0 bridgehead atoms. The van der Waals surface area contributed by atoms with E-state index in [9.17, 15) is 0 Å². The van der Waals surface area contributed by atoms with Crippen LogP contribution in [-0.4, -0.2) is 14.5 Å². The molecule has 0 saturated carbocycles. The number of nitrogens with zero attached hydrogens (tertiary/aromatic N) is 3. The molecule has 0 spiro atoms. The molecule has 0 aliphatic rings. The van der Waals surface area contributed by atoms with Crippen LogP contribution in [0.3, 0.4) is 0 Å². The molecule has 7 aromatic carbocycles. The quantitative estimate of drug-likeness (QED) is 0.198. The van der Waals surface area contributed by atoms with E-state index < -0.39 is 0 Å². The summed E-state index contributed by atoms with van der Waals surface area (Å²) in [7, 11) is 0. The van der Waals surface area contributed by atoms with Crippen LogP contribution in [0, 0.1) is 0 Å². The molecule has 4 heteroatoms. The van der Waals surface area contributed by atoms with Crippen molar-refractivity contribution in [2.75, 3.05) is 0 Å². The Kier molecular flexibility index (Phi) is 5.84. The van der Waals surface area contributed by atoms with Crippen molar-refractivity contribution >= 4 is 54.6 Å². The summed E-state index contributed by atoms with van der Waals surface area (Å²) in [5, 5.41) is 5.56. The van der Waals surface area contributed by atoms with Gasteiger partial charge in [0.2, 0.25) is 0 Å². The fourth-order valence-electron chi connectivity index (χ4n) is 7.21. The van der Waals surface area contributed by atoms with E-state index in [1.54, 1.807) is 0 Å². The smallest absolute Gasteiger partial charge is 0.161 e. The summed E-state index contributed by atoms with van der Waals surface area (Å²) in [4.78, 5) is 10.2. The Morgan fingerprint density at radius 3 is 2.02 bits per heavy atom. The molecule has 10 aromatic rings. The number of fused-ring (bicyclic) bond motifs is 7. The number of hydrogen-bond donors (Lipinski definition) is 0. The maximum atomic E-state index is 6.54. The Hall–Kier alpha value is -6.52. The van der Waals surface area contributed by atoms with Crippen molar-refractivity contribution in [1.82, 2.24) is 14.5 Å². The first-order valence-electron chi connectivity index (χ1n) is 16.2. The molecule has 224 valence electrons. The zero-order chi connectivity index (χ0) is 31.6. The summed E-state index contributed by atoms with van der Waals surface area (Å²) in [5.74, 6) is 0.685. The minimum atomic E-state index is 0.685. The third kappa shape index (κ3) is 4.10. The molecule has 0 aliphatic heterocycles. The first-order chi connectivity index (χ1) is 23.8. The molecule has 0 N–H and O–H groups in total. The predicted molar refractivity (Wildman–Crippen MR) is 197 cm³/mol. The average Bonchev–Trinajstić information content (AvgIpc) is 3.70. The second kappa shape index (κ2) is 10.5. The zero-order valence-corrected chi connectivity index (χ0v) is 25.8. The van der Waals surface area contributed by atoms with Gasteiger partial charge >= 0.3 is 0 Å². The van der Waals surface area contributed by atoms with Gasteiger partial charge < -0.3 is 8.98 Å². The van der Waals surface area contributed by atoms with Crippen molar-refractivity contribution < 1.29 is 4.42 Å². The van der Waals surface area contributed by atoms with E-state index in [4.69, 9.17) is 14.4 Å². The number of furan rings is 1. The summed E-state index contributed by atoms with van der Waals surface area (Å²) in [5.41, 5.74) is 11.3. The first kappa shape index (κ1) is 26.7. The van der Waals surface area contributed by atoms with Gasteiger partial charge in [0.1, 0.15) is 11.2 Å². The Morgan fingerprint density at radius 1 is 0.438 bits per heavy atom. The van der Waals surface area contributed by atoms with Gasteiger partial charge in [-0.1, -0.05) is 109 Å². The van der Waals surface area contributed by atoms with Gasteiger partial charge in [0.25, 0.3) is 0 Å². The lowest BCUT2D eigenvalue weighted by molar-refractivity contribution is 0.669. The third-order valence-corrected chi connectivity index (χ3v) is 9.41. The monoisotopic (exact) mass is 613 g/mol. The van der Waals surface area contributed by atoms with Crippen molar-refractivity contribution in [3.8, 4) is 39.5 Å². The second-order valence-electron chi connectivity index (χ2n) is 12.2. The van der Waals surface area contributed by atoms with Crippen LogP contribution in [-0.2, 0) is 0 Å². The van der Waals surface area contributed by atoms with Gasteiger partial charge in [-0.05, 0) is 65.7 Å². The molecule has 0 fully saturated rings. The van der Waals surface area contributed by atoms with Gasteiger partial charge in [-0.25, -0.2) is 9.97 Å². The minimum absolute atomic E-state index is 0.685. The van der Waals surface area contributed by atoms with Crippen molar-refractivity contribution in [3.05, 3.63) is 164 Å². The highest BCUT2D eigenvalue weighted by Crippen LogP contribution is 2.40. The average molecular weight is 614 g/mol. The van der Waals surface area contributed by atoms with E-state index in [0.29, 0.717) is 5.82 Å². The van der Waals surface area contributed by atoms with Crippen molar-refractivity contribution in [2.45, 2.75) is 0 Å². The zero-order valence-electron chi connectivity index (χ0n) is 25.8. The number of hydrogen-bond acceptors (Lipinski definition) is 3. The Morgan fingerprint density at radius 2 is 1.15 bits per heavy atom. The molecule has 0 radical (unpaired) electrons. The third-order valence-electron chi connectivity index (χ3n) is 9.41. The van der Waals surface area contributed by atoms with Gasteiger partial charge in [0.05, 0.1) is 22.2 Å². The lowest BCUT2D eigenvalue weighted by Gasteiger charge is -2.10. The fraction of sp³-hybridized carbons (Fsp3) is 0. The predicted octanol–water partition coefficient (Wildman–Crippen LogP) is 11.6. The van der Waals surface area contributed by atoms with Crippen LogP contribution in [0.2, 0.25) is 0 Å². The summed E-state index contributed by atoms with van der Waals surface area (Å²) < 4.78 is 8.88. The van der Waals surface area contributed by atoms with E-state index in [1.165, 1.54) is 21.8 Å². The van der Waals surface area contributed by atoms with E-state index in [2.05, 4.69) is 126 Å². The molecule has 0 unspecified atom stereocenters. The number of benzene rings is 7. The molecule has 10 rings (SSSR count). The summed E-state index contributed by atoms with van der Waals surface area (Å²) in [6.07, 6.45) is 0.